The Morgan fingerprint density at radius 3 is 2.44 bits per heavy atom. The van der Waals surface area contributed by atoms with Gasteiger partial charge in [-0.25, -0.2) is 0 Å². The highest BCUT2D eigenvalue weighted by Crippen LogP contribution is 2.41. The van der Waals surface area contributed by atoms with Gasteiger partial charge in [0, 0.05) is 30.5 Å². The standard InChI is InChI=1S/C32H29F2N5O5S/c1-39-14-13-37-29(39)21-9-5-6-10-23(21)43-30-26(33)28(45-18-22(36)32(40)41)27(34)31(38-30)44-25-15-20(16-35)11-12-24(25)42-17-19-7-3-2-4-8-19/h2-12,15,22,29,37H,13-14,17-18,36H2,1H3,(H,40,41). The second kappa shape index (κ2) is 14.4. The Kier molecular flexibility index (Phi) is 10.1. The molecule has 1 saturated heterocycles. The molecule has 0 saturated carbocycles. The van der Waals surface area contributed by atoms with Gasteiger partial charge in [0.05, 0.1) is 22.7 Å². The molecule has 2 heterocycles. The van der Waals surface area contributed by atoms with E-state index in [0.717, 1.165) is 18.7 Å². The number of carboxylic acid groups (broad SMARTS) is 1. The fraction of sp³-hybridized carbons (Fsp3) is 0.219. The molecule has 4 aromatic rings. The predicted molar refractivity (Wildman–Crippen MR) is 162 cm³/mol. The van der Waals surface area contributed by atoms with Crippen molar-refractivity contribution in [3.63, 3.8) is 0 Å². The third-order valence-electron chi connectivity index (χ3n) is 6.88. The number of aliphatic carboxylic acids is 1. The second-order valence-electron chi connectivity index (χ2n) is 10.1. The number of para-hydroxylation sites is 1. The van der Waals surface area contributed by atoms with Crippen LogP contribution in [-0.4, -0.2) is 52.9 Å². The number of nitrogens with two attached hydrogens (primary N) is 1. The summed E-state index contributed by atoms with van der Waals surface area (Å²) in [6, 6.07) is 21.2. The van der Waals surface area contributed by atoms with E-state index in [9.17, 15) is 15.2 Å². The molecule has 1 aromatic heterocycles. The first-order valence-corrected chi connectivity index (χ1v) is 14.8. The monoisotopic (exact) mass is 633 g/mol. The number of carbonyl (C=O) groups is 1. The van der Waals surface area contributed by atoms with Gasteiger partial charge in [-0.3, -0.25) is 15.0 Å². The quantitative estimate of drug-likeness (QED) is 0.172. The fourth-order valence-electron chi connectivity index (χ4n) is 4.52. The Morgan fingerprint density at radius 2 is 1.78 bits per heavy atom. The van der Waals surface area contributed by atoms with Crippen molar-refractivity contribution in [3.8, 4) is 35.1 Å². The van der Waals surface area contributed by atoms with Crippen LogP contribution in [0.3, 0.4) is 0 Å². The van der Waals surface area contributed by atoms with Gasteiger partial charge in [0.2, 0.25) is 11.6 Å². The van der Waals surface area contributed by atoms with Crippen LogP contribution < -0.4 is 25.3 Å². The van der Waals surface area contributed by atoms with Crippen LogP contribution >= 0.6 is 11.8 Å². The number of halogens is 2. The molecule has 1 fully saturated rings. The summed E-state index contributed by atoms with van der Waals surface area (Å²) < 4.78 is 49.5. The maximum absolute atomic E-state index is 15.9. The van der Waals surface area contributed by atoms with Crippen molar-refractivity contribution in [1.29, 1.82) is 5.26 Å². The number of thioether (sulfide) groups is 1. The number of ether oxygens (including phenoxy) is 3. The van der Waals surface area contributed by atoms with E-state index in [0.29, 0.717) is 17.3 Å². The normalized spacial score (nSPS) is 15.3. The minimum absolute atomic E-state index is 0.0516. The van der Waals surface area contributed by atoms with Gasteiger partial charge in [0.25, 0.3) is 11.8 Å². The molecule has 4 N–H and O–H groups in total. The number of hydrogen-bond acceptors (Lipinski definition) is 10. The average molecular weight is 634 g/mol. The summed E-state index contributed by atoms with van der Waals surface area (Å²) in [5.74, 6) is -4.93. The van der Waals surface area contributed by atoms with Gasteiger partial charge in [-0.2, -0.15) is 19.0 Å². The Morgan fingerprint density at radius 1 is 1.09 bits per heavy atom. The molecule has 45 heavy (non-hydrogen) atoms. The molecule has 3 aromatic carbocycles. The maximum Gasteiger partial charge on any atom is 0.321 e. The largest absolute Gasteiger partial charge is 0.485 e. The maximum atomic E-state index is 15.9. The Hall–Kier alpha value is -4.74. The average Bonchev–Trinajstić information content (AvgIpc) is 3.48. The number of nitrogens with one attached hydrogen (secondary N) is 1. The Balaban J connectivity index is 1.54. The van der Waals surface area contributed by atoms with Gasteiger partial charge < -0.3 is 25.1 Å². The molecule has 5 rings (SSSR count). The summed E-state index contributed by atoms with van der Waals surface area (Å²) in [6.45, 7) is 1.66. The van der Waals surface area contributed by atoms with E-state index < -0.39 is 40.3 Å². The van der Waals surface area contributed by atoms with Crippen LogP contribution in [-0.2, 0) is 11.4 Å². The van der Waals surface area contributed by atoms with E-state index in [-0.39, 0.29) is 41.3 Å². The zero-order valence-electron chi connectivity index (χ0n) is 24.1. The summed E-state index contributed by atoms with van der Waals surface area (Å²) >= 11 is 0.549. The zero-order chi connectivity index (χ0) is 31.9. The van der Waals surface area contributed by atoms with Crippen LogP contribution in [0.25, 0.3) is 0 Å². The van der Waals surface area contributed by atoms with Crippen LogP contribution in [0.1, 0.15) is 22.9 Å². The molecule has 2 unspecified atom stereocenters. The molecule has 0 bridgehead atoms. The predicted octanol–water partition coefficient (Wildman–Crippen LogP) is 5.43. The lowest BCUT2D eigenvalue weighted by Crippen LogP contribution is -2.32. The number of nitriles is 1. The molecule has 0 amide bonds. The number of hydrogen-bond donors (Lipinski definition) is 3. The summed E-state index contributed by atoms with van der Waals surface area (Å²) in [5, 5.41) is 22.1. The van der Waals surface area contributed by atoms with Crippen molar-refractivity contribution < 1.29 is 32.9 Å². The van der Waals surface area contributed by atoms with Crippen molar-refractivity contribution in [2.24, 2.45) is 5.73 Å². The van der Waals surface area contributed by atoms with Crippen LogP contribution in [0.15, 0.2) is 77.7 Å². The highest BCUT2D eigenvalue weighted by Gasteiger charge is 2.29. The summed E-state index contributed by atoms with van der Waals surface area (Å²) in [5.41, 5.74) is 7.37. The van der Waals surface area contributed by atoms with E-state index in [1.165, 1.54) is 18.2 Å². The van der Waals surface area contributed by atoms with E-state index in [1.807, 2.05) is 55.6 Å². The lowest BCUT2D eigenvalue weighted by atomic mass is 10.1. The van der Waals surface area contributed by atoms with Gasteiger partial charge >= 0.3 is 5.97 Å². The molecule has 1 aliphatic heterocycles. The first-order chi connectivity index (χ1) is 21.7. The fourth-order valence-corrected chi connectivity index (χ4v) is 5.43. The van der Waals surface area contributed by atoms with Crippen LogP contribution in [0.2, 0.25) is 0 Å². The smallest absolute Gasteiger partial charge is 0.321 e. The molecule has 1 aliphatic rings. The lowest BCUT2D eigenvalue weighted by Gasteiger charge is -2.22. The number of carboxylic acids is 1. The van der Waals surface area contributed by atoms with E-state index in [2.05, 4.69) is 15.2 Å². The number of rotatable bonds is 12. The highest BCUT2D eigenvalue weighted by atomic mass is 32.2. The molecular formula is C32H29F2N5O5S. The van der Waals surface area contributed by atoms with Crippen molar-refractivity contribution >= 4 is 17.7 Å². The van der Waals surface area contributed by atoms with Crippen LogP contribution in [0.5, 0.6) is 29.0 Å². The number of aromatic nitrogens is 1. The van der Waals surface area contributed by atoms with Crippen molar-refractivity contribution in [1.82, 2.24) is 15.2 Å². The summed E-state index contributed by atoms with van der Waals surface area (Å²) in [7, 11) is 1.93. The number of likely N-dealkylation sites (N-methyl/N-ethyl adjacent to an activating group) is 1. The summed E-state index contributed by atoms with van der Waals surface area (Å²) in [4.78, 5) is 16.8. The van der Waals surface area contributed by atoms with E-state index in [1.54, 1.807) is 12.1 Å². The SMILES string of the molecule is CN1CCNC1c1ccccc1Oc1nc(Oc2cc(C#N)ccc2OCc2ccccc2)c(F)c(SCC(N)C(=O)O)c1F. The summed E-state index contributed by atoms with van der Waals surface area (Å²) in [6.07, 6.45) is -0.221. The number of benzene rings is 3. The van der Waals surface area contributed by atoms with Crippen molar-refractivity contribution in [2.75, 3.05) is 25.9 Å². The molecule has 0 radical (unpaired) electrons. The molecule has 13 heteroatoms. The van der Waals surface area contributed by atoms with Gasteiger partial charge in [-0.15, -0.1) is 11.8 Å². The first kappa shape index (κ1) is 31.7. The molecule has 10 nitrogen and oxygen atoms in total. The van der Waals surface area contributed by atoms with Crippen LogP contribution in [0.4, 0.5) is 8.78 Å². The molecule has 2 atom stereocenters. The van der Waals surface area contributed by atoms with E-state index >= 15 is 8.78 Å². The van der Waals surface area contributed by atoms with E-state index in [4.69, 9.17) is 19.9 Å². The number of nitrogens with zero attached hydrogens (tertiary/aromatic N) is 3. The van der Waals surface area contributed by atoms with Crippen molar-refractivity contribution in [3.05, 3.63) is 101 Å². The van der Waals surface area contributed by atoms with Gasteiger partial charge in [-0.1, -0.05) is 48.5 Å². The lowest BCUT2D eigenvalue weighted by molar-refractivity contribution is -0.137. The highest BCUT2D eigenvalue weighted by molar-refractivity contribution is 7.99. The van der Waals surface area contributed by atoms with Crippen LogP contribution in [0, 0.1) is 23.0 Å². The second-order valence-corrected chi connectivity index (χ2v) is 11.1. The molecule has 0 spiro atoms. The molecule has 232 valence electrons. The molecular weight excluding hydrogens is 604 g/mol. The first-order valence-electron chi connectivity index (χ1n) is 13.8. The topological polar surface area (TPSA) is 143 Å². The Bertz CT molecular complexity index is 1720. The number of pyridine rings is 1. The third kappa shape index (κ3) is 7.50. The zero-order valence-corrected chi connectivity index (χ0v) is 24.9. The van der Waals surface area contributed by atoms with Crippen molar-refractivity contribution in [2.45, 2.75) is 23.7 Å². The minimum Gasteiger partial charge on any atom is -0.485 e. The van der Waals surface area contributed by atoms with Gasteiger partial charge in [0.1, 0.15) is 18.4 Å². The van der Waals surface area contributed by atoms with Gasteiger partial charge in [-0.05, 0) is 30.8 Å². The minimum atomic E-state index is -1.40. The molecule has 0 aliphatic carbocycles. The van der Waals surface area contributed by atoms with Gasteiger partial charge in [0.15, 0.2) is 11.5 Å². The third-order valence-corrected chi connectivity index (χ3v) is 8.05. The Labute approximate surface area is 262 Å².